The summed E-state index contributed by atoms with van der Waals surface area (Å²) in [5.74, 6) is 1.05. The molecule has 2 rings (SSSR count). The van der Waals surface area contributed by atoms with Crippen molar-refractivity contribution in [2.75, 3.05) is 113 Å². The van der Waals surface area contributed by atoms with Crippen molar-refractivity contribution in [1.29, 1.82) is 0 Å². The van der Waals surface area contributed by atoms with Crippen LogP contribution < -0.4 is 29.6 Å². The summed E-state index contributed by atoms with van der Waals surface area (Å²) in [6, 6.07) is 10.4. The van der Waals surface area contributed by atoms with Gasteiger partial charge in [0, 0.05) is 6.54 Å². The summed E-state index contributed by atoms with van der Waals surface area (Å²) in [6.45, 7) is 7.73. The number of hydrogen-bond donors (Lipinski definition) is 4. The highest BCUT2D eigenvalue weighted by Gasteiger charge is 2.11. The Bertz CT molecular complexity index is 1470. The lowest BCUT2D eigenvalue weighted by atomic mass is 10.1. The van der Waals surface area contributed by atoms with Gasteiger partial charge in [-0.1, -0.05) is 24.3 Å². The maximum absolute atomic E-state index is 12.7. The molecule has 0 heterocycles. The largest absolute Gasteiger partial charge is 0.488 e. The molecule has 2 aromatic rings. The van der Waals surface area contributed by atoms with E-state index in [9.17, 15) is 14.4 Å². The number of ether oxygens (including phenoxy) is 9. The fraction of sp³-hybridized carbons (Fsp3) is 0.525. The Morgan fingerprint density at radius 3 is 1.46 bits per heavy atom. The predicted molar refractivity (Wildman–Crippen MR) is 209 cm³/mol. The van der Waals surface area contributed by atoms with Crippen molar-refractivity contribution in [3.05, 3.63) is 59.7 Å². The molecule has 0 unspecified atom stereocenters. The lowest BCUT2D eigenvalue weighted by molar-refractivity contribution is -0.121. The standard InChI is InChI=1S/C40H58N2O14/c1-31(2)56-40(47)42-13-17-53-37-11-7-33(29-39(37)55-27-25-51-23-21-49-19-15-44)5-9-35(46)30-34(45)8-4-32-6-10-36(52-16-12-41-3)38(28-32)54-26-24-50-22-20-48-18-14-43/h4-11,28-29,31,41,43-44H,12-27,30H2,1-3H3,(H,42,47)/b8-4+,9-5+. The lowest BCUT2D eigenvalue weighted by Gasteiger charge is -2.14. The van der Waals surface area contributed by atoms with E-state index in [4.69, 9.17) is 52.8 Å². The van der Waals surface area contributed by atoms with Gasteiger partial charge < -0.3 is 63.5 Å². The zero-order valence-electron chi connectivity index (χ0n) is 32.7. The van der Waals surface area contributed by atoms with Crippen molar-refractivity contribution >= 4 is 29.8 Å². The molecule has 0 aliphatic carbocycles. The fourth-order valence-electron chi connectivity index (χ4n) is 4.42. The number of aliphatic hydroxyl groups excluding tert-OH is 2. The van der Waals surface area contributed by atoms with Gasteiger partial charge in [-0.25, -0.2) is 4.79 Å². The van der Waals surface area contributed by atoms with Gasteiger partial charge in [-0.3, -0.25) is 9.59 Å². The summed E-state index contributed by atoms with van der Waals surface area (Å²) >= 11 is 0. The molecule has 4 N–H and O–H groups in total. The maximum Gasteiger partial charge on any atom is 0.407 e. The number of likely N-dealkylation sites (N-methyl/N-ethyl adjacent to an activating group) is 1. The third-order valence-electron chi connectivity index (χ3n) is 6.97. The highest BCUT2D eigenvalue weighted by atomic mass is 16.6. The number of benzene rings is 2. The van der Waals surface area contributed by atoms with Crippen LogP contribution in [-0.4, -0.2) is 147 Å². The smallest absolute Gasteiger partial charge is 0.407 e. The lowest BCUT2D eigenvalue weighted by Crippen LogP contribution is -2.30. The van der Waals surface area contributed by atoms with Gasteiger partial charge in [0.05, 0.1) is 85.1 Å². The van der Waals surface area contributed by atoms with Gasteiger partial charge in [0.2, 0.25) is 0 Å². The van der Waals surface area contributed by atoms with Gasteiger partial charge in [-0.05, 0) is 68.4 Å². The Labute approximate surface area is 329 Å². The Morgan fingerprint density at radius 1 is 0.589 bits per heavy atom. The Hall–Kier alpha value is -4.55. The first kappa shape index (κ1) is 47.6. The van der Waals surface area contributed by atoms with E-state index in [2.05, 4.69) is 10.6 Å². The highest BCUT2D eigenvalue weighted by molar-refractivity contribution is 6.10. The normalized spacial score (nSPS) is 11.3. The predicted octanol–water partition coefficient (Wildman–Crippen LogP) is 2.86. The van der Waals surface area contributed by atoms with Gasteiger partial charge in [-0.15, -0.1) is 0 Å². The summed E-state index contributed by atoms with van der Waals surface area (Å²) in [5.41, 5.74) is 1.31. The first-order valence-corrected chi connectivity index (χ1v) is 18.6. The number of hydrogen-bond acceptors (Lipinski definition) is 15. The second kappa shape index (κ2) is 30.6. The van der Waals surface area contributed by atoms with E-state index < -0.39 is 11.9 Å². The molecule has 0 spiro atoms. The Balaban J connectivity index is 1.99. The molecule has 1 amide bonds. The molecular weight excluding hydrogens is 732 g/mol. The quantitative estimate of drug-likeness (QED) is 0.0467. The highest BCUT2D eigenvalue weighted by Crippen LogP contribution is 2.30. The van der Waals surface area contributed by atoms with E-state index in [0.717, 1.165) is 0 Å². The van der Waals surface area contributed by atoms with Crippen LogP contribution in [0.15, 0.2) is 48.6 Å². The Kier molecular flexibility index (Phi) is 26.0. The van der Waals surface area contributed by atoms with Gasteiger partial charge in [0.25, 0.3) is 0 Å². The summed E-state index contributed by atoms with van der Waals surface area (Å²) in [4.78, 5) is 37.2. The molecule has 0 aliphatic rings. The summed E-state index contributed by atoms with van der Waals surface area (Å²) in [6.07, 6.45) is 4.73. The maximum atomic E-state index is 12.7. The van der Waals surface area contributed by atoms with Crippen LogP contribution in [0.5, 0.6) is 23.0 Å². The molecule has 0 radical (unpaired) electrons. The first-order valence-electron chi connectivity index (χ1n) is 18.6. The monoisotopic (exact) mass is 790 g/mol. The molecule has 312 valence electrons. The van der Waals surface area contributed by atoms with Crippen LogP contribution in [-0.2, 0) is 33.3 Å². The molecule has 16 nitrogen and oxygen atoms in total. The summed E-state index contributed by atoms with van der Waals surface area (Å²) < 4.78 is 49.9. The first-order chi connectivity index (χ1) is 27.2. The second-order valence-corrected chi connectivity index (χ2v) is 12.0. The molecule has 0 aromatic heterocycles. The minimum absolute atomic E-state index is 0.0435. The van der Waals surface area contributed by atoms with Gasteiger partial charge in [-0.2, -0.15) is 0 Å². The molecule has 2 aromatic carbocycles. The zero-order valence-corrected chi connectivity index (χ0v) is 32.7. The SMILES string of the molecule is CNCCOc1ccc(/C=C/C(=O)CC(=O)/C=C/c2ccc(OCCNC(=O)OC(C)C)c(OCCOCCOCCO)c2)cc1OCCOCCOCCO. The number of allylic oxidation sites excluding steroid dienone is 2. The number of amides is 1. The molecule has 16 heteroatoms. The van der Waals surface area contributed by atoms with Crippen molar-refractivity contribution in [3.63, 3.8) is 0 Å². The minimum Gasteiger partial charge on any atom is -0.488 e. The van der Waals surface area contributed by atoms with Crippen molar-refractivity contribution in [2.45, 2.75) is 26.4 Å². The number of alkyl carbamates (subject to hydrolysis) is 1. The summed E-state index contributed by atoms with van der Waals surface area (Å²) in [7, 11) is 1.83. The van der Waals surface area contributed by atoms with Crippen molar-refractivity contribution in [2.24, 2.45) is 0 Å². The van der Waals surface area contributed by atoms with Crippen LogP contribution >= 0.6 is 0 Å². The molecular formula is C40H58N2O14. The number of aliphatic hydroxyl groups is 2. The van der Waals surface area contributed by atoms with Crippen molar-refractivity contribution in [3.8, 4) is 23.0 Å². The minimum atomic E-state index is -0.546. The number of nitrogens with one attached hydrogen (secondary N) is 2. The number of carbonyl (C=O) groups is 3. The van der Waals surface area contributed by atoms with E-state index in [1.54, 1.807) is 62.4 Å². The van der Waals surface area contributed by atoms with E-state index in [0.29, 0.717) is 80.3 Å². The van der Waals surface area contributed by atoms with Crippen molar-refractivity contribution in [1.82, 2.24) is 10.6 Å². The molecule has 0 bridgehead atoms. The average molecular weight is 791 g/mol. The second-order valence-electron chi connectivity index (χ2n) is 12.0. The molecule has 0 fully saturated rings. The zero-order chi connectivity index (χ0) is 40.6. The molecule has 0 saturated carbocycles. The van der Waals surface area contributed by atoms with Crippen LogP contribution in [0.1, 0.15) is 31.4 Å². The van der Waals surface area contributed by atoms with Crippen molar-refractivity contribution < 1.29 is 67.2 Å². The Morgan fingerprint density at radius 2 is 1.02 bits per heavy atom. The van der Waals surface area contributed by atoms with E-state index >= 15 is 0 Å². The molecule has 0 saturated heterocycles. The van der Waals surface area contributed by atoms with Crippen LogP contribution in [0.2, 0.25) is 0 Å². The third kappa shape index (κ3) is 22.7. The molecule has 0 atom stereocenters. The van der Waals surface area contributed by atoms with Crippen LogP contribution in [0, 0.1) is 0 Å². The number of rotatable bonds is 33. The third-order valence-corrected chi connectivity index (χ3v) is 6.97. The number of carbonyl (C=O) groups excluding carboxylic acids is 3. The summed E-state index contributed by atoms with van der Waals surface area (Å²) in [5, 5.41) is 23.2. The van der Waals surface area contributed by atoms with Gasteiger partial charge in [0.1, 0.15) is 26.4 Å². The fourth-order valence-corrected chi connectivity index (χ4v) is 4.42. The van der Waals surface area contributed by atoms with Crippen LogP contribution in [0.25, 0.3) is 12.2 Å². The van der Waals surface area contributed by atoms with Crippen LogP contribution in [0.4, 0.5) is 4.79 Å². The number of ketones is 2. The van der Waals surface area contributed by atoms with E-state index in [1.807, 2.05) is 7.05 Å². The van der Waals surface area contributed by atoms with Gasteiger partial charge in [0.15, 0.2) is 34.6 Å². The van der Waals surface area contributed by atoms with Gasteiger partial charge >= 0.3 is 6.09 Å². The van der Waals surface area contributed by atoms with Crippen LogP contribution in [0.3, 0.4) is 0 Å². The molecule has 0 aliphatic heterocycles. The topological polar surface area (TPSA) is 199 Å². The molecule has 56 heavy (non-hydrogen) atoms. The van der Waals surface area contributed by atoms with E-state index in [1.165, 1.54) is 12.2 Å². The van der Waals surface area contributed by atoms with E-state index in [-0.39, 0.29) is 77.7 Å². The average Bonchev–Trinajstić information content (AvgIpc) is 3.17.